The molecule has 1 unspecified atom stereocenters. The Morgan fingerprint density at radius 3 is 2.70 bits per heavy atom. The van der Waals surface area contributed by atoms with Gasteiger partial charge in [-0.3, -0.25) is 4.79 Å². The van der Waals surface area contributed by atoms with Gasteiger partial charge in [0, 0.05) is 6.42 Å². The first-order valence-corrected chi connectivity index (χ1v) is 3.78. The molecule has 0 aromatic carbocycles. The molecule has 0 aromatic rings. The predicted molar refractivity (Wildman–Crippen MR) is 38.6 cm³/mol. The molecule has 0 radical (unpaired) electrons. The first-order valence-electron chi connectivity index (χ1n) is 3.78. The van der Waals surface area contributed by atoms with E-state index in [1.807, 2.05) is 0 Å². The van der Waals surface area contributed by atoms with Crippen molar-refractivity contribution < 1.29 is 9.90 Å². The van der Waals surface area contributed by atoms with Gasteiger partial charge in [0.05, 0.1) is 0 Å². The zero-order valence-corrected chi connectivity index (χ0v) is 6.55. The molecule has 0 saturated heterocycles. The molecule has 0 aliphatic heterocycles. The first-order chi connectivity index (χ1) is 4.52. The summed E-state index contributed by atoms with van der Waals surface area (Å²) in [6.45, 7) is 3.69. The van der Waals surface area contributed by atoms with Crippen molar-refractivity contribution in [1.82, 2.24) is 0 Å². The van der Waals surface area contributed by atoms with Gasteiger partial charge in [0.25, 0.3) is 0 Å². The molecule has 1 N–H and O–H groups in total. The average Bonchev–Trinajstić information content (AvgIpc) is 1.78. The van der Waals surface area contributed by atoms with Gasteiger partial charge in [-0.05, 0) is 25.7 Å². The molecular weight excluding hydrogens is 128 g/mol. The summed E-state index contributed by atoms with van der Waals surface area (Å²) in [7, 11) is 0. The molecule has 10 heavy (non-hydrogen) atoms. The molecule has 1 rings (SSSR count). The van der Waals surface area contributed by atoms with Crippen LogP contribution in [0.5, 0.6) is 0 Å². The van der Waals surface area contributed by atoms with Crippen LogP contribution in [-0.4, -0.2) is 16.5 Å². The number of hydrogen-bond donors (Lipinski definition) is 1. The van der Waals surface area contributed by atoms with E-state index in [4.69, 9.17) is 0 Å². The van der Waals surface area contributed by atoms with Gasteiger partial charge in [-0.1, -0.05) is 6.92 Å². The minimum absolute atomic E-state index is 0.00519. The number of carbonyl (C=O) groups excluding carboxylic acids is 1. The lowest BCUT2D eigenvalue weighted by Gasteiger charge is -2.30. The fourth-order valence-electron chi connectivity index (χ4n) is 1.54. The molecule has 2 heteroatoms. The summed E-state index contributed by atoms with van der Waals surface area (Å²) in [6.07, 6.45) is 2.12. The Hall–Kier alpha value is -0.370. The molecule has 1 saturated carbocycles. The number of Topliss-reactive ketones (excluding diaryl/α,β-unsaturated/α-hetero) is 1. The van der Waals surface area contributed by atoms with Crippen LogP contribution in [0.15, 0.2) is 0 Å². The maximum absolute atomic E-state index is 11.0. The van der Waals surface area contributed by atoms with E-state index in [1.165, 1.54) is 0 Å². The van der Waals surface area contributed by atoms with E-state index in [2.05, 4.69) is 6.92 Å². The third kappa shape index (κ3) is 1.37. The number of aliphatic hydroxyl groups is 1. The molecule has 1 aliphatic rings. The van der Waals surface area contributed by atoms with E-state index in [0.717, 1.165) is 6.42 Å². The second-order valence-corrected chi connectivity index (χ2v) is 3.55. The molecular formula is C8H14O2. The summed E-state index contributed by atoms with van der Waals surface area (Å²) in [5.74, 6) is 0.498. The summed E-state index contributed by atoms with van der Waals surface area (Å²) in [4.78, 5) is 11.0. The van der Waals surface area contributed by atoms with Crippen LogP contribution in [0.2, 0.25) is 0 Å². The summed E-state index contributed by atoms with van der Waals surface area (Å²) in [5.41, 5.74) is -1.03. The predicted octanol–water partition coefficient (Wildman–Crippen LogP) is 1.13. The Bertz CT molecular complexity index is 149. The van der Waals surface area contributed by atoms with Crippen molar-refractivity contribution in [3.05, 3.63) is 0 Å². The van der Waals surface area contributed by atoms with Crippen LogP contribution in [0.3, 0.4) is 0 Å². The van der Waals surface area contributed by atoms with Crippen LogP contribution in [0, 0.1) is 5.92 Å². The highest BCUT2D eigenvalue weighted by atomic mass is 16.3. The third-order valence-electron chi connectivity index (χ3n) is 2.21. The van der Waals surface area contributed by atoms with Gasteiger partial charge in [0.1, 0.15) is 5.60 Å². The summed E-state index contributed by atoms with van der Waals surface area (Å²) < 4.78 is 0. The van der Waals surface area contributed by atoms with E-state index in [1.54, 1.807) is 6.92 Å². The molecule has 1 fully saturated rings. The highest BCUT2D eigenvalue weighted by Gasteiger charge is 2.35. The van der Waals surface area contributed by atoms with Gasteiger partial charge in [-0.25, -0.2) is 0 Å². The minimum atomic E-state index is -1.03. The SMILES string of the molecule is C[C@@H]1CCC(=O)C(C)(O)C1. The number of carbonyl (C=O) groups is 1. The molecule has 0 aromatic heterocycles. The zero-order valence-electron chi connectivity index (χ0n) is 6.55. The van der Waals surface area contributed by atoms with Crippen molar-refractivity contribution in [2.45, 2.75) is 38.7 Å². The van der Waals surface area contributed by atoms with E-state index < -0.39 is 5.60 Å². The second kappa shape index (κ2) is 2.35. The van der Waals surface area contributed by atoms with E-state index >= 15 is 0 Å². The maximum atomic E-state index is 11.0. The Labute approximate surface area is 61.2 Å². The van der Waals surface area contributed by atoms with E-state index in [-0.39, 0.29) is 5.78 Å². The largest absolute Gasteiger partial charge is 0.382 e. The Balaban J connectivity index is 2.63. The molecule has 0 amide bonds. The standard InChI is InChI=1S/C8H14O2/c1-6-3-4-7(9)8(2,10)5-6/h6,10H,3-5H2,1-2H3/t6-,8?/m1/s1. The van der Waals surface area contributed by atoms with Crippen LogP contribution < -0.4 is 0 Å². The molecule has 2 atom stereocenters. The molecule has 1 aliphatic carbocycles. The smallest absolute Gasteiger partial charge is 0.164 e. The van der Waals surface area contributed by atoms with Crippen molar-refractivity contribution >= 4 is 5.78 Å². The second-order valence-electron chi connectivity index (χ2n) is 3.55. The Morgan fingerprint density at radius 1 is 1.70 bits per heavy atom. The third-order valence-corrected chi connectivity index (χ3v) is 2.21. The summed E-state index contributed by atoms with van der Waals surface area (Å²) in [6, 6.07) is 0. The van der Waals surface area contributed by atoms with Gasteiger partial charge in [0.2, 0.25) is 0 Å². The van der Waals surface area contributed by atoms with Gasteiger partial charge in [0.15, 0.2) is 5.78 Å². The average molecular weight is 142 g/mol. The Kier molecular flexibility index (Phi) is 1.82. The fraction of sp³-hybridized carbons (Fsp3) is 0.875. The van der Waals surface area contributed by atoms with Crippen LogP contribution in [0.4, 0.5) is 0 Å². The topological polar surface area (TPSA) is 37.3 Å². The molecule has 0 spiro atoms. The molecule has 2 nitrogen and oxygen atoms in total. The quantitative estimate of drug-likeness (QED) is 0.550. The summed E-state index contributed by atoms with van der Waals surface area (Å²) >= 11 is 0. The minimum Gasteiger partial charge on any atom is -0.382 e. The number of ketones is 1. The highest BCUT2D eigenvalue weighted by molar-refractivity contribution is 5.87. The lowest BCUT2D eigenvalue weighted by atomic mass is 9.79. The van der Waals surface area contributed by atoms with Gasteiger partial charge >= 0.3 is 0 Å². The monoisotopic (exact) mass is 142 g/mol. The normalized spacial score (nSPS) is 41.9. The van der Waals surface area contributed by atoms with Crippen molar-refractivity contribution in [1.29, 1.82) is 0 Å². The number of rotatable bonds is 0. The van der Waals surface area contributed by atoms with Crippen molar-refractivity contribution in [2.24, 2.45) is 5.92 Å². The van der Waals surface area contributed by atoms with Crippen molar-refractivity contribution in [3.63, 3.8) is 0 Å². The van der Waals surface area contributed by atoms with Crippen molar-refractivity contribution in [2.75, 3.05) is 0 Å². The molecule has 58 valence electrons. The molecule has 0 heterocycles. The van der Waals surface area contributed by atoms with Crippen LogP contribution >= 0.6 is 0 Å². The van der Waals surface area contributed by atoms with E-state index in [9.17, 15) is 9.90 Å². The maximum Gasteiger partial charge on any atom is 0.164 e. The lowest BCUT2D eigenvalue weighted by Crippen LogP contribution is -2.40. The van der Waals surface area contributed by atoms with Crippen molar-refractivity contribution in [3.8, 4) is 0 Å². The zero-order chi connectivity index (χ0) is 7.78. The first kappa shape index (κ1) is 7.73. The van der Waals surface area contributed by atoms with Crippen LogP contribution in [-0.2, 0) is 4.79 Å². The molecule has 0 bridgehead atoms. The van der Waals surface area contributed by atoms with Gasteiger partial charge < -0.3 is 5.11 Å². The van der Waals surface area contributed by atoms with Crippen LogP contribution in [0.25, 0.3) is 0 Å². The highest BCUT2D eigenvalue weighted by Crippen LogP contribution is 2.28. The number of hydrogen-bond acceptors (Lipinski definition) is 2. The van der Waals surface area contributed by atoms with Gasteiger partial charge in [-0.15, -0.1) is 0 Å². The summed E-state index contributed by atoms with van der Waals surface area (Å²) in [5, 5.41) is 9.46. The van der Waals surface area contributed by atoms with Gasteiger partial charge in [-0.2, -0.15) is 0 Å². The fourth-order valence-corrected chi connectivity index (χ4v) is 1.54. The lowest BCUT2D eigenvalue weighted by molar-refractivity contribution is -0.140. The Morgan fingerprint density at radius 2 is 2.30 bits per heavy atom. The van der Waals surface area contributed by atoms with E-state index in [0.29, 0.717) is 18.8 Å². The van der Waals surface area contributed by atoms with Crippen LogP contribution in [0.1, 0.15) is 33.1 Å².